The van der Waals surface area contributed by atoms with Gasteiger partial charge >= 0.3 is 5.97 Å². The highest BCUT2D eigenvalue weighted by Gasteiger charge is 2.39. The Morgan fingerprint density at radius 3 is 3.00 bits per heavy atom. The van der Waals surface area contributed by atoms with Gasteiger partial charge in [0.1, 0.15) is 11.8 Å². The third-order valence-electron chi connectivity index (χ3n) is 2.91. The molecule has 0 saturated carbocycles. The molecule has 0 spiro atoms. The van der Waals surface area contributed by atoms with E-state index in [1.807, 2.05) is 6.92 Å². The molecule has 0 bridgehead atoms. The molecule has 5 nitrogen and oxygen atoms in total. The first-order valence-corrected chi connectivity index (χ1v) is 7.06. The summed E-state index contributed by atoms with van der Waals surface area (Å²) in [6.45, 7) is 1.94. The van der Waals surface area contributed by atoms with Crippen molar-refractivity contribution in [1.82, 2.24) is 4.90 Å². The third kappa shape index (κ3) is 3.01. The number of aliphatic carboxylic acids is 1. The number of rotatable bonds is 4. The van der Waals surface area contributed by atoms with Crippen LogP contribution >= 0.6 is 11.8 Å². The number of carboxylic acid groups (broad SMARTS) is 1. The maximum Gasteiger partial charge on any atom is 0.327 e. The Morgan fingerprint density at radius 2 is 2.42 bits per heavy atom. The molecular formula is C13H15NO4S. The van der Waals surface area contributed by atoms with Crippen molar-refractivity contribution in [1.29, 1.82) is 0 Å². The first kappa shape index (κ1) is 13.7. The van der Waals surface area contributed by atoms with Crippen LogP contribution in [0.4, 0.5) is 0 Å². The van der Waals surface area contributed by atoms with Gasteiger partial charge in [-0.25, -0.2) is 4.79 Å². The van der Waals surface area contributed by atoms with Gasteiger partial charge in [0.2, 0.25) is 5.91 Å². The van der Waals surface area contributed by atoms with Crippen LogP contribution in [0.1, 0.15) is 19.1 Å². The average Bonchev–Trinajstić information content (AvgIpc) is 3.04. The van der Waals surface area contributed by atoms with E-state index in [1.54, 1.807) is 18.2 Å². The maximum atomic E-state index is 12.1. The normalized spacial score (nSPS) is 23.1. The molecule has 1 aliphatic heterocycles. The summed E-state index contributed by atoms with van der Waals surface area (Å²) in [7, 11) is 0. The molecule has 2 heterocycles. The first-order chi connectivity index (χ1) is 9.13. The van der Waals surface area contributed by atoms with Crippen molar-refractivity contribution in [3.8, 4) is 0 Å². The molecule has 6 heteroatoms. The van der Waals surface area contributed by atoms with Crippen LogP contribution in [0.15, 0.2) is 28.9 Å². The third-order valence-corrected chi connectivity index (χ3v) is 4.37. The minimum atomic E-state index is -0.955. The number of carboxylic acids is 1. The maximum absolute atomic E-state index is 12.1. The number of nitrogens with zero attached hydrogens (tertiary/aromatic N) is 1. The molecule has 19 heavy (non-hydrogen) atoms. The zero-order chi connectivity index (χ0) is 13.8. The molecule has 1 aliphatic rings. The molecule has 1 saturated heterocycles. The summed E-state index contributed by atoms with van der Waals surface area (Å²) in [6, 6.07) is 2.71. The Balaban J connectivity index is 2.12. The second-order valence-corrected chi connectivity index (χ2v) is 5.36. The molecule has 102 valence electrons. The van der Waals surface area contributed by atoms with Crippen molar-refractivity contribution in [3.63, 3.8) is 0 Å². The predicted molar refractivity (Wildman–Crippen MR) is 72.5 cm³/mol. The zero-order valence-electron chi connectivity index (χ0n) is 10.5. The van der Waals surface area contributed by atoms with Gasteiger partial charge in [-0.3, -0.25) is 4.79 Å². The van der Waals surface area contributed by atoms with Crippen molar-refractivity contribution < 1.29 is 19.1 Å². The van der Waals surface area contributed by atoms with E-state index in [0.717, 1.165) is 6.42 Å². The lowest BCUT2D eigenvalue weighted by Gasteiger charge is -2.25. The molecule has 2 unspecified atom stereocenters. The SMILES string of the molecule is CCC1SCC(C(=O)O)N1C(=O)/C=C/c1ccco1. The van der Waals surface area contributed by atoms with E-state index in [1.165, 1.54) is 29.0 Å². The number of carbonyl (C=O) groups is 2. The lowest BCUT2D eigenvalue weighted by atomic mass is 10.2. The predicted octanol–water partition coefficient (Wildman–Crippen LogP) is 2.06. The summed E-state index contributed by atoms with van der Waals surface area (Å²) < 4.78 is 5.09. The Morgan fingerprint density at radius 1 is 1.63 bits per heavy atom. The number of thioether (sulfide) groups is 1. The van der Waals surface area contributed by atoms with Gasteiger partial charge in [-0.2, -0.15) is 0 Å². The lowest BCUT2D eigenvalue weighted by molar-refractivity contribution is -0.147. The Kier molecular flexibility index (Phi) is 4.31. The molecule has 1 N–H and O–H groups in total. The van der Waals surface area contributed by atoms with Crippen LogP contribution in [-0.2, 0) is 9.59 Å². The molecule has 0 aliphatic carbocycles. The summed E-state index contributed by atoms with van der Waals surface area (Å²) in [5, 5.41) is 9.07. The molecule has 0 radical (unpaired) electrons. The Bertz CT molecular complexity index is 483. The Labute approximate surface area is 115 Å². The monoisotopic (exact) mass is 281 g/mol. The van der Waals surface area contributed by atoms with E-state index < -0.39 is 12.0 Å². The average molecular weight is 281 g/mol. The van der Waals surface area contributed by atoms with Gasteiger partial charge in [-0.1, -0.05) is 6.92 Å². The highest BCUT2D eigenvalue weighted by molar-refractivity contribution is 8.00. The minimum Gasteiger partial charge on any atom is -0.480 e. The second kappa shape index (κ2) is 5.97. The molecule has 2 atom stereocenters. The van der Waals surface area contributed by atoms with Crippen molar-refractivity contribution in [2.75, 3.05) is 5.75 Å². The van der Waals surface area contributed by atoms with Crippen molar-refractivity contribution in [2.45, 2.75) is 24.8 Å². The Hall–Kier alpha value is -1.69. The largest absolute Gasteiger partial charge is 0.480 e. The van der Waals surface area contributed by atoms with Crippen molar-refractivity contribution in [3.05, 3.63) is 30.2 Å². The van der Waals surface area contributed by atoms with Crippen molar-refractivity contribution in [2.24, 2.45) is 0 Å². The van der Waals surface area contributed by atoms with Crippen LogP contribution in [0.2, 0.25) is 0 Å². The number of furan rings is 1. The van der Waals surface area contributed by atoms with E-state index in [9.17, 15) is 9.59 Å². The number of carbonyl (C=O) groups excluding carboxylic acids is 1. The molecule has 1 aromatic rings. The standard InChI is InChI=1S/C13H15NO4S/c1-2-12-14(10(8-19-12)13(16)17)11(15)6-5-9-4-3-7-18-9/h3-7,10,12H,2,8H2,1H3,(H,16,17)/b6-5+. The fourth-order valence-electron chi connectivity index (χ4n) is 1.99. The van der Waals surface area contributed by atoms with E-state index in [0.29, 0.717) is 11.5 Å². The van der Waals surface area contributed by atoms with Gasteiger partial charge in [-0.05, 0) is 24.6 Å². The fraction of sp³-hybridized carbons (Fsp3) is 0.385. The van der Waals surface area contributed by atoms with E-state index in [2.05, 4.69) is 0 Å². The second-order valence-electron chi connectivity index (χ2n) is 4.14. The number of amides is 1. The molecule has 1 amide bonds. The highest BCUT2D eigenvalue weighted by Crippen LogP contribution is 2.31. The molecule has 1 aromatic heterocycles. The van der Waals surface area contributed by atoms with Crippen LogP contribution in [-0.4, -0.2) is 39.1 Å². The van der Waals surface area contributed by atoms with Gasteiger partial charge in [0.05, 0.1) is 11.6 Å². The molecule has 1 fully saturated rings. The van der Waals surface area contributed by atoms with E-state index >= 15 is 0 Å². The summed E-state index contributed by atoms with van der Waals surface area (Å²) in [5.74, 6) is -0.238. The summed E-state index contributed by atoms with van der Waals surface area (Å²) in [6.07, 6.45) is 5.17. The zero-order valence-corrected chi connectivity index (χ0v) is 11.3. The first-order valence-electron chi connectivity index (χ1n) is 6.01. The van der Waals surface area contributed by atoms with E-state index in [4.69, 9.17) is 9.52 Å². The number of hydrogen-bond acceptors (Lipinski definition) is 4. The highest BCUT2D eigenvalue weighted by atomic mass is 32.2. The molecule has 0 aromatic carbocycles. The smallest absolute Gasteiger partial charge is 0.327 e. The van der Waals surface area contributed by atoms with Crippen molar-refractivity contribution >= 4 is 29.7 Å². The summed E-state index contributed by atoms with van der Waals surface area (Å²) >= 11 is 1.51. The van der Waals surface area contributed by atoms with Gasteiger partial charge in [0.15, 0.2) is 0 Å². The number of hydrogen-bond donors (Lipinski definition) is 1. The van der Waals surface area contributed by atoms with Crippen LogP contribution in [0, 0.1) is 0 Å². The molecular weight excluding hydrogens is 266 g/mol. The summed E-state index contributed by atoms with van der Waals surface area (Å²) in [5.41, 5.74) is 0. The van der Waals surface area contributed by atoms with Gasteiger partial charge in [-0.15, -0.1) is 11.8 Å². The van der Waals surface area contributed by atoms with E-state index in [-0.39, 0.29) is 11.3 Å². The quantitative estimate of drug-likeness (QED) is 0.855. The fourth-order valence-corrected chi connectivity index (χ4v) is 3.34. The van der Waals surface area contributed by atoms with Crippen LogP contribution in [0.5, 0.6) is 0 Å². The molecule has 2 rings (SSSR count). The van der Waals surface area contributed by atoms with Crippen LogP contribution in [0.3, 0.4) is 0 Å². The lowest BCUT2D eigenvalue weighted by Crippen LogP contribution is -2.44. The van der Waals surface area contributed by atoms with Gasteiger partial charge in [0.25, 0.3) is 0 Å². The van der Waals surface area contributed by atoms with Crippen LogP contribution < -0.4 is 0 Å². The summed E-state index contributed by atoms with van der Waals surface area (Å²) in [4.78, 5) is 24.7. The van der Waals surface area contributed by atoms with Crippen LogP contribution in [0.25, 0.3) is 6.08 Å². The van der Waals surface area contributed by atoms with Gasteiger partial charge in [0, 0.05) is 11.8 Å². The minimum absolute atomic E-state index is 0.0742. The topological polar surface area (TPSA) is 70.8 Å². The van der Waals surface area contributed by atoms with Gasteiger partial charge < -0.3 is 14.4 Å².